The molecule has 2 heterocycles. The summed E-state index contributed by atoms with van der Waals surface area (Å²) >= 11 is 0. The van der Waals surface area contributed by atoms with E-state index in [9.17, 15) is 9.59 Å². The maximum Gasteiger partial charge on any atom is 0.275 e. The van der Waals surface area contributed by atoms with Crippen molar-refractivity contribution in [3.05, 3.63) is 58.1 Å². The fourth-order valence-electron chi connectivity index (χ4n) is 2.60. The Morgan fingerprint density at radius 2 is 2.17 bits per heavy atom. The number of aryl methyl sites for hydroxylation is 3. The average molecular weight is 325 g/mol. The molecule has 0 aliphatic rings. The molecular formula is C17H19N5O2. The van der Waals surface area contributed by atoms with E-state index in [0.717, 1.165) is 12.0 Å². The first kappa shape index (κ1) is 15.9. The van der Waals surface area contributed by atoms with E-state index in [1.165, 1.54) is 0 Å². The molecule has 0 bridgehead atoms. The summed E-state index contributed by atoms with van der Waals surface area (Å²) in [5.74, 6) is -0.445. The van der Waals surface area contributed by atoms with Crippen molar-refractivity contribution in [2.45, 2.75) is 19.9 Å². The number of amides is 1. The number of hydrogen-bond acceptors (Lipinski definition) is 4. The molecule has 0 atom stereocenters. The SMILES string of the molecule is Cc1ccc2c(c1)c(=O)c(C(=O)NCCCn1cccn1)nn2C. The van der Waals surface area contributed by atoms with E-state index in [4.69, 9.17) is 0 Å². The first-order valence-corrected chi connectivity index (χ1v) is 7.79. The second-order valence-corrected chi connectivity index (χ2v) is 5.70. The smallest absolute Gasteiger partial charge is 0.275 e. The third-order valence-electron chi connectivity index (χ3n) is 3.83. The van der Waals surface area contributed by atoms with Crippen molar-refractivity contribution in [2.24, 2.45) is 7.05 Å². The summed E-state index contributed by atoms with van der Waals surface area (Å²) in [7, 11) is 1.73. The average Bonchev–Trinajstić information content (AvgIpc) is 3.08. The van der Waals surface area contributed by atoms with Crippen LogP contribution in [0.25, 0.3) is 10.9 Å². The van der Waals surface area contributed by atoms with Gasteiger partial charge in [0.05, 0.1) is 10.9 Å². The normalized spacial score (nSPS) is 10.9. The van der Waals surface area contributed by atoms with Crippen molar-refractivity contribution in [2.75, 3.05) is 6.54 Å². The summed E-state index contributed by atoms with van der Waals surface area (Å²) in [5, 5.41) is 11.5. The standard InChI is InChI=1S/C17H19N5O2/c1-12-5-6-14-13(11-12)16(23)15(20-21(14)2)17(24)18-7-3-9-22-10-4-8-19-22/h4-6,8,10-11H,3,7,9H2,1-2H3,(H,18,24). The van der Waals surface area contributed by atoms with E-state index >= 15 is 0 Å². The molecule has 0 aliphatic heterocycles. The van der Waals surface area contributed by atoms with Crippen LogP contribution < -0.4 is 10.7 Å². The molecule has 1 amide bonds. The van der Waals surface area contributed by atoms with Gasteiger partial charge in [0, 0.05) is 32.5 Å². The predicted molar refractivity (Wildman–Crippen MR) is 90.9 cm³/mol. The molecule has 0 fully saturated rings. The van der Waals surface area contributed by atoms with Crippen LogP contribution in [0.1, 0.15) is 22.5 Å². The summed E-state index contributed by atoms with van der Waals surface area (Å²) in [6.07, 6.45) is 4.30. The summed E-state index contributed by atoms with van der Waals surface area (Å²) in [5.41, 5.74) is 1.27. The Balaban J connectivity index is 1.75. The highest BCUT2D eigenvalue weighted by atomic mass is 16.2. The highest BCUT2D eigenvalue weighted by Crippen LogP contribution is 2.11. The molecule has 7 nitrogen and oxygen atoms in total. The Morgan fingerprint density at radius 3 is 2.92 bits per heavy atom. The van der Waals surface area contributed by atoms with Crippen LogP contribution in [0.2, 0.25) is 0 Å². The molecule has 124 valence electrons. The van der Waals surface area contributed by atoms with Crippen molar-refractivity contribution in [3.8, 4) is 0 Å². The lowest BCUT2D eigenvalue weighted by Crippen LogP contribution is -2.32. The molecule has 1 N–H and O–H groups in total. The number of carbonyl (C=O) groups excluding carboxylic acids is 1. The van der Waals surface area contributed by atoms with E-state index < -0.39 is 5.91 Å². The molecule has 3 aromatic rings. The van der Waals surface area contributed by atoms with Gasteiger partial charge in [-0.05, 0) is 31.5 Å². The number of fused-ring (bicyclic) bond motifs is 1. The zero-order valence-electron chi connectivity index (χ0n) is 13.7. The lowest BCUT2D eigenvalue weighted by Gasteiger charge is -2.09. The topological polar surface area (TPSA) is 81.8 Å². The van der Waals surface area contributed by atoms with Crippen molar-refractivity contribution >= 4 is 16.8 Å². The minimum atomic E-state index is -0.445. The molecule has 0 saturated carbocycles. The number of aromatic nitrogens is 4. The van der Waals surface area contributed by atoms with Crippen LogP contribution >= 0.6 is 0 Å². The van der Waals surface area contributed by atoms with Crippen LogP contribution in [0, 0.1) is 6.92 Å². The van der Waals surface area contributed by atoms with Gasteiger partial charge >= 0.3 is 0 Å². The summed E-state index contributed by atoms with van der Waals surface area (Å²) in [6.45, 7) is 3.07. The minimum Gasteiger partial charge on any atom is -0.350 e. The van der Waals surface area contributed by atoms with Gasteiger partial charge in [-0.15, -0.1) is 0 Å². The van der Waals surface area contributed by atoms with E-state index in [1.807, 2.05) is 31.3 Å². The summed E-state index contributed by atoms with van der Waals surface area (Å²) < 4.78 is 3.36. The second kappa shape index (κ2) is 6.66. The fraction of sp³-hybridized carbons (Fsp3) is 0.294. The summed E-state index contributed by atoms with van der Waals surface area (Å²) in [6, 6.07) is 7.39. The van der Waals surface area contributed by atoms with Gasteiger partial charge in [0.2, 0.25) is 5.43 Å². The van der Waals surface area contributed by atoms with Crippen molar-refractivity contribution in [3.63, 3.8) is 0 Å². The van der Waals surface area contributed by atoms with Crippen molar-refractivity contribution < 1.29 is 4.79 Å². The largest absolute Gasteiger partial charge is 0.350 e. The fourth-order valence-corrected chi connectivity index (χ4v) is 2.60. The van der Waals surface area contributed by atoms with Gasteiger partial charge in [-0.3, -0.25) is 19.0 Å². The van der Waals surface area contributed by atoms with Gasteiger partial charge < -0.3 is 5.32 Å². The van der Waals surface area contributed by atoms with Crippen LogP contribution in [0.5, 0.6) is 0 Å². The summed E-state index contributed by atoms with van der Waals surface area (Å²) in [4.78, 5) is 24.8. The molecular weight excluding hydrogens is 306 g/mol. The molecule has 0 saturated heterocycles. The lowest BCUT2D eigenvalue weighted by atomic mass is 10.1. The van der Waals surface area contributed by atoms with Gasteiger partial charge in [-0.2, -0.15) is 10.2 Å². The van der Waals surface area contributed by atoms with Crippen molar-refractivity contribution in [1.29, 1.82) is 0 Å². The molecule has 7 heteroatoms. The van der Waals surface area contributed by atoms with Gasteiger partial charge in [0.15, 0.2) is 5.69 Å². The van der Waals surface area contributed by atoms with E-state index in [2.05, 4.69) is 15.5 Å². The van der Waals surface area contributed by atoms with Gasteiger partial charge in [0.25, 0.3) is 5.91 Å². The Bertz CT molecular complexity index is 928. The van der Waals surface area contributed by atoms with E-state index in [-0.39, 0.29) is 11.1 Å². The number of nitrogens with one attached hydrogen (secondary N) is 1. The Morgan fingerprint density at radius 1 is 1.33 bits per heavy atom. The lowest BCUT2D eigenvalue weighted by molar-refractivity contribution is 0.0944. The molecule has 0 unspecified atom stereocenters. The van der Waals surface area contributed by atoms with Gasteiger partial charge in [-0.1, -0.05) is 11.6 Å². The molecule has 3 rings (SSSR count). The third-order valence-corrected chi connectivity index (χ3v) is 3.83. The van der Waals surface area contributed by atoms with E-state index in [1.54, 1.807) is 28.7 Å². The zero-order valence-corrected chi connectivity index (χ0v) is 13.7. The van der Waals surface area contributed by atoms with Gasteiger partial charge in [0.1, 0.15) is 0 Å². The van der Waals surface area contributed by atoms with Crippen LogP contribution in [-0.2, 0) is 13.6 Å². The molecule has 0 aliphatic carbocycles. The minimum absolute atomic E-state index is 0.0744. The molecule has 2 aromatic heterocycles. The molecule has 24 heavy (non-hydrogen) atoms. The number of rotatable bonds is 5. The van der Waals surface area contributed by atoms with Crippen LogP contribution in [0.15, 0.2) is 41.5 Å². The number of benzene rings is 1. The first-order chi connectivity index (χ1) is 11.6. The molecule has 0 spiro atoms. The molecule has 0 radical (unpaired) electrons. The number of nitrogens with zero attached hydrogens (tertiary/aromatic N) is 4. The zero-order chi connectivity index (χ0) is 17.1. The number of hydrogen-bond donors (Lipinski definition) is 1. The van der Waals surface area contributed by atoms with Crippen LogP contribution in [-0.4, -0.2) is 32.0 Å². The molecule has 1 aromatic carbocycles. The van der Waals surface area contributed by atoms with E-state index in [0.29, 0.717) is 24.0 Å². The Kier molecular flexibility index (Phi) is 4.41. The maximum atomic E-state index is 12.5. The monoisotopic (exact) mass is 325 g/mol. The highest BCUT2D eigenvalue weighted by Gasteiger charge is 2.16. The van der Waals surface area contributed by atoms with Crippen LogP contribution in [0.4, 0.5) is 0 Å². The second-order valence-electron chi connectivity index (χ2n) is 5.70. The van der Waals surface area contributed by atoms with Crippen LogP contribution in [0.3, 0.4) is 0 Å². The predicted octanol–water partition coefficient (Wildman–Crippen LogP) is 1.26. The van der Waals surface area contributed by atoms with Crippen molar-refractivity contribution in [1.82, 2.24) is 24.9 Å². The highest BCUT2D eigenvalue weighted by molar-refractivity contribution is 5.95. The maximum absolute atomic E-state index is 12.5. The van der Waals surface area contributed by atoms with Gasteiger partial charge in [-0.25, -0.2) is 0 Å². The Labute approximate surface area is 138 Å². The Hall–Kier alpha value is -2.96. The third kappa shape index (κ3) is 3.19. The first-order valence-electron chi connectivity index (χ1n) is 7.79. The number of carbonyl (C=O) groups is 1. The quantitative estimate of drug-likeness (QED) is 0.716.